The highest BCUT2D eigenvalue weighted by molar-refractivity contribution is 6.30. The van der Waals surface area contributed by atoms with Crippen LogP contribution in [0.3, 0.4) is 0 Å². The zero-order valence-electron chi connectivity index (χ0n) is 24.8. The predicted octanol–water partition coefficient (Wildman–Crippen LogP) is 1.32. The molecule has 250 valence electrons. The fraction of sp³-hybridized carbons (Fsp3) is 0.394. The minimum absolute atomic E-state index is 0.0167. The van der Waals surface area contributed by atoms with Crippen LogP contribution >= 0.6 is 11.6 Å². The van der Waals surface area contributed by atoms with Gasteiger partial charge in [-0.25, -0.2) is 4.79 Å². The van der Waals surface area contributed by atoms with Crippen molar-refractivity contribution in [3.63, 3.8) is 0 Å². The molecule has 0 spiro atoms. The van der Waals surface area contributed by atoms with Gasteiger partial charge in [-0.1, -0.05) is 60.1 Å². The highest BCUT2D eigenvalue weighted by Gasteiger charge is 2.53. The highest BCUT2D eigenvalue weighted by Crippen LogP contribution is 2.36. The van der Waals surface area contributed by atoms with Crippen molar-refractivity contribution in [1.82, 2.24) is 5.32 Å². The van der Waals surface area contributed by atoms with E-state index in [0.717, 1.165) is 0 Å². The molecule has 0 bridgehead atoms. The Kier molecular flexibility index (Phi) is 10.5. The van der Waals surface area contributed by atoms with Gasteiger partial charge in [0.05, 0.1) is 12.2 Å². The topological polar surface area (TPSA) is 182 Å². The van der Waals surface area contributed by atoms with E-state index in [1.54, 1.807) is 42.5 Å². The first-order chi connectivity index (χ1) is 22.7. The van der Waals surface area contributed by atoms with Crippen LogP contribution in [0.1, 0.15) is 32.6 Å². The van der Waals surface area contributed by atoms with E-state index >= 15 is 0 Å². The van der Waals surface area contributed by atoms with E-state index in [9.17, 15) is 30.0 Å². The molecule has 6 rings (SSSR count). The van der Waals surface area contributed by atoms with Crippen LogP contribution in [0.15, 0.2) is 84.9 Å². The Balaban J connectivity index is 1.17. The molecule has 11 atom stereocenters. The number of nitrogens with one attached hydrogen (secondary N) is 1. The average molecular weight is 672 g/mol. The third-order valence-corrected chi connectivity index (χ3v) is 8.40. The number of halogens is 1. The van der Waals surface area contributed by atoms with Crippen LogP contribution in [0.2, 0.25) is 5.02 Å². The number of carbonyl (C=O) groups excluding carboxylic acids is 2. The van der Waals surface area contributed by atoms with Crippen LogP contribution in [-0.4, -0.2) is 107 Å². The number of fused-ring (bicyclic) bond motifs is 1. The maximum atomic E-state index is 12.9. The lowest BCUT2D eigenvalue weighted by atomic mass is 9.95. The van der Waals surface area contributed by atoms with Crippen LogP contribution in [0, 0.1) is 0 Å². The van der Waals surface area contributed by atoms with Gasteiger partial charge in [-0.2, -0.15) is 0 Å². The van der Waals surface area contributed by atoms with Gasteiger partial charge in [0.2, 0.25) is 0 Å². The Bertz CT molecular complexity index is 1500. The van der Waals surface area contributed by atoms with E-state index in [1.807, 2.05) is 18.2 Å². The summed E-state index contributed by atoms with van der Waals surface area (Å²) < 4.78 is 35.0. The Labute approximate surface area is 274 Å². The number of benzene rings is 3. The number of ether oxygens (including phenoxy) is 6. The number of carbonyl (C=O) groups is 2. The molecule has 3 aliphatic rings. The number of rotatable bonds is 8. The summed E-state index contributed by atoms with van der Waals surface area (Å²) in [5.41, 5.74) is 1.17. The SMILES string of the molecule is O=C(N[C@@H]1O[C@H](COC(=O)c2ccccc2)[C@@H](O[C@H]2O[C@@H]3CO[C@H](c4ccccc4)O[C@H]3[C@H](O)[C@H]2O)[C@H](O)[C@H]1O)c1ccc(Cl)cc1. The zero-order valence-corrected chi connectivity index (χ0v) is 25.5. The maximum absolute atomic E-state index is 12.9. The molecule has 0 aromatic heterocycles. The Hall–Kier alpha value is -3.47. The van der Waals surface area contributed by atoms with E-state index in [0.29, 0.717) is 10.6 Å². The second-order valence-electron chi connectivity index (χ2n) is 11.3. The van der Waals surface area contributed by atoms with Crippen LogP contribution in [0.4, 0.5) is 0 Å². The molecule has 0 unspecified atom stereocenters. The predicted molar refractivity (Wildman–Crippen MR) is 162 cm³/mol. The normalized spacial score (nSPS) is 33.8. The monoisotopic (exact) mass is 671 g/mol. The quantitative estimate of drug-likeness (QED) is 0.217. The van der Waals surface area contributed by atoms with Crippen LogP contribution < -0.4 is 5.32 Å². The number of aliphatic hydroxyl groups excluding tert-OH is 4. The minimum Gasteiger partial charge on any atom is -0.459 e. The molecular weight excluding hydrogens is 638 g/mol. The Morgan fingerprint density at radius 2 is 1.47 bits per heavy atom. The minimum atomic E-state index is -1.74. The molecule has 3 aromatic rings. The lowest BCUT2D eigenvalue weighted by molar-refractivity contribution is -0.379. The van der Waals surface area contributed by atoms with E-state index < -0.39 is 86.1 Å². The second kappa shape index (κ2) is 14.7. The third kappa shape index (κ3) is 7.50. The van der Waals surface area contributed by atoms with Crippen molar-refractivity contribution in [2.45, 2.75) is 67.6 Å². The number of hydrogen-bond acceptors (Lipinski definition) is 12. The van der Waals surface area contributed by atoms with Gasteiger partial charge >= 0.3 is 5.97 Å². The Morgan fingerprint density at radius 1 is 0.787 bits per heavy atom. The first-order valence-corrected chi connectivity index (χ1v) is 15.4. The van der Waals surface area contributed by atoms with Crippen LogP contribution in [0.5, 0.6) is 0 Å². The van der Waals surface area contributed by atoms with E-state index in [2.05, 4.69) is 5.32 Å². The Morgan fingerprint density at radius 3 is 2.17 bits per heavy atom. The summed E-state index contributed by atoms with van der Waals surface area (Å²) in [5.74, 6) is -1.34. The van der Waals surface area contributed by atoms with Gasteiger partial charge in [0.1, 0.15) is 55.4 Å². The van der Waals surface area contributed by atoms with Crippen molar-refractivity contribution in [2.75, 3.05) is 13.2 Å². The third-order valence-electron chi connectivity index (χ3n) is 8.15. The molecule has 5 N–H and O–H groups in total. The molecule has 0 aliphatic carbocycles. The summed E-state index contributed by atoms with van der Waals surface area (Å²) in [6.07, 6.45) is -15.0. The molecule has 3 fully saturated rings. The van der Waals surface area contributed by atoms with Crippen molar-refractivity contribution in [2.24, 2.45) is 0 Å². The summed E-state index contributed by atoms with van der Waals surface area (Å²) in [6.45, 7) is -0.505. The summed E-state index contributed by atoms with van der Waals surface area (Å²) in [7, 11) is 0. The fourth-order valence-electron chi connectivity index (χ4n) is 5.61. The molecule has 47 heavy (non-hydrogen) atoms. The fourth-order valence-corrected chi connectivity index (χ4v) is 5.74. The molecular formula is C33H34ClNO12. The van der Waals surface area contributed by atoms with Gasteiger partial charge in [-0.15, -0.1) is 0 Å². The van der Waals surface area contributed by atoms with Gasteiger partial charge in [-0.3, -0.25) is 4.79 Å². The van der Waals surface area contributed by atoms with Gasteiger partial charge in [0.25, 0.3) is 5.91 Å². The molecule has 3 aliphatic heterocycles. The largest absolute Gasteiger partial charge is 0.459 e. The summed E-state index contributed by atoms with van der Waals surface area (Å²) >= 11 is 5.92. The van der Waals surface area contributed by atoms with E-state index in [-0.39, 0.29) is 17.7 Å². The highest BCUT2D eigenvalue weighted by atomic mass is 35.5. The molecule has 0 saturated carbocycles. The van der Waals surface area contributed by atoms with Crippen molar-refractivity contribution in [1.29, 1.82) is 0 Å². The van der Waals surface area contributed by atoms with Crippen LogP contribution in [-0.2, 0) is 28.4 Å². The molecule has 3 aromatic carbocycles. The lowest BCUT2D eigenvalue weighted by Gasteiger charge is -2.48. The first-order valence-electron chi connectivity index (χ1n) is 15.0. The van der Waals surface area contributed by atoms with Gasteiger partial charge in [0, 0.05) is 16.1 Å². The van der Waals surface area contributed by atoms with E-state index in [4.69, 9.17) is 40.0 Å². The standard InChI is InChI=1S/C33H34ClNO12/c34-20-13-11-17(12-14-20)29(40)35-30-25(38)23(36)27(21(44-30)15-42-31(41)18-7-3-1-4-8-18)47-33-26(39)24(37)28-22(45-33)16-43-32(46-28)19-9-5-2-6-10-19/h1-14,21-28,30,32-33,36-39H,15-16H2,(H,35,40)/t21-,22-,23-,24-,25-,26-,27-,28-,30-,32+,33-/m1/s1. The van der Waals surface area contributed by atoms with Crippen LogP contribution in [0.25, 0.3) is 0 Å². The lowest BCUT2D eigenvalue weighted by Crippen LogP contribution is -2.67. The molecule has 3 heterocycles. The molecule has 13 nitrogen and oxygen atoms in total. The molecule has 1 amide bonds. The van der Waals surface area contributed by atoms with Gasteiger partial charge < -0.3 is 54.2 Å². The zero-order chi connectivity index (χ0) is 33.1. The van der Waals surface area contributed by atoms with Crippen molar-refractivity contribution in [3.8, 4) is 0 Å². The summed E-state index contributed by atoms with van der Waals surface area (Å²) in [4.78, 5) is 25.7. The average Bonchev–Trinajstić information content (AvgIpc) is 3.10. The molecule has 14 heteroatoms. The summed E-state index contributed by atoms with van der Waals surface area (Å²) in [6, 6.07) is 23.2. The smallest absolute Gasteiger partial charge is 0.338 e. The first kappa shape index (κ1) is 33.4. The number of hydrogen-bond donors (Lipinski definition) is 5. The van der Waals surface area contributed by atoms with E-state index in [1.165, 1.54) is 24.3 Å². The maximum Gasteiger partial charge on any atom is 0.338 e. The second-order valence-corrected chi connectivity index (χ2v) is 11.8. The summed E-state index contributed by atoms with van der Waals surface area (Å²) in [5, 5.41) is 47.2. The van der Waals surface area contributed by atoms with Crippen molar-refractivity contribution < 1.29 is 58.4 Å². The van der Waals surface area contributed by atoms with Gasteiger partial charge in [-0.05, 0) is 36.4 Å². The van der Waals surface area contributed by atoms with Gasteiger partial charge in [0.15, 0.2) is 18.8 Å². The molecule has 3 saturated heterocycles. The number of amides is 1. The molecule has 0 radical (unpaired) electrons. The van der Waals surface area contributed by atoms with Crippen molar-refractivity contribution >= 4 is 23.5 Å². The van der Waals surface area contributed by atoms with Crippen molar-refractivity contribution in [3.05, 3.63) is 107 Å². The number of esters is 1. The number of aliphatic hydroxyl groups is 4.